The van der Waals surface area contributed by atoms with Gasteiger partial charge in [-0.2, -0.15) is 0 Å². The average Bonchev–Trinajstić information content (AvgIpc) is 2.55. The van der Waals surface area contributed by atoms with Crippen molar-refractivity contribution in [1.82, 2.24) is 9.62 Å². The van der Waals surface area contributed by atoms with Crippen LogP contribution in [-0.4, -0.2) is 53.1 Å². The quantitative estimate of drug-likeness (QED) is 0.799. The first-order valence-corrected chi connectivity index (χ1v) is 8.95. The van der Waals surface area contributed by atoms with Gasteiger partial charge in [0, 0.05) is 32.1 Å². The second-order valence-corrected chi connectivity index (χ2v) is 6.99. The minimum absolute atomic E-state index is 0.0470. The summed E-state index contributed by atoms with van der Waals surface area (Å²) in [6, 6.07) is 4.51. The van der Waals surface area contributed by atoms with E-state index in [2.05, 4.69) is 4.72 Å². The highest BCUT2D eigenvalue weighted by Gasteiger charge is 2.22. The number of sulfonamides is 1. The predicted molar refractivity (Wildman–Crippen MR) is 85.2 cm³/mol. The molecule has 0 atom stereocenters. The van der Waals surface area contributed by atoms with Crippen LogP contribution in [0.4, 0.5) is 0 Å². The van der Waals surface area contributed by atoms with E-state index in [0.29, 0.717) is 25.3 Å². The van der Waals surface area contributed by atoms with Gasteiger partial charge < -0.3 is 14.4 Å². The smallest absolute Gasteiger partial charge is 0.244 e. The molecule has 8 heteroatoms. The zero-order valence-corrected chi connectivity index (χ0v) is 14.2. The van der Waals surface area contributed by atoms with Gasteiger partial charge in [0.25, 0.3) is 0 Å². The first-order chi connectivity index (χ1) is 11.0. The summed E-state index contributed by atoms with van der Waals surface area (Å²) in [5, 5.41) is 0. The number of carbonyl (C=O) groups excluding carboxylic acids is 1. The number of nitrogens with one attached hydrogen (secondary N) is 1. The molecule has 23 heavy (non-hydrogen) atoms. The molecule has 0 saturated carbocycles. The van der Waals surface area contributed by atoms with Crippen LogP contribution in [0.25, 0.3) is 0 Å². The topological polar surface area (TPSA) is 84.9 Å². The third-order valence-electron chi connectivity index (χ3n) is 3.76. The number of nitrogens with zero attached hydrogens (tertiary/aromatic N) is 1. The first-order valence-electron chi connectivity index (χ1n) is 7.47. The van der Waals surface area contributed by atoms with Crippen LogP contribution in [0.2, 0.25) is 0 Å². The first kappa shape index (κ1) is 17.6. The van der Waals surface area contributed by atoms with E-state index in [0.717, 1.165) is 12.8 Å². The van der Waals surface area contributed by atoms with Gasteiger partial charge in [-0.15, -0.1) is 0 Å². The van der Waals surface area contributed by atoms with Crippen molar-refractivity contribution in [2.24, 2.45) is 0 Å². The summed E-state index contributed by atoms with van der Waals surface area (Å²) in [4.78, 5) is 13.4. The Morgan fingerprint density at radius 1 is 1.22 bits per heavy atom. The monoisotopic (exact) mass is 342 g/mol. The minimum Gasteiger partial charge on any atom is -0.497 e. The molecule has 2 rings (SSSR count). The number of hydrogen-bond donors (Lipinski definition) is 1. The Morgan fingerprint density at radius 3 is 2.65 bits per heavy atom. The Labute approximate surface area is 136 Å². The Morgan fingerprint density at radius 2 is 2.00 bits per heavy atom. The molecule has 1 saturated heterocycles. The molecule has 1 heterocycles. The van der Waals surface area contributed by atoms with Crippen LogP contribution in [0.3, 0.4) is 0 Å². The number of carbonyl (C=O) groups is 1. The second kappa shape index (κ2) is 7.65. The van der Waals surface area contributed by atoms with Gasteiger partial charge in [0.05, 0.1) is 14.2 Å². The lowest BCUT2D eigenvalue weighted by atomic mass is 10.1. The van der Waals surface area contributed by atoms with Gasteiger partial charge in [-0.05, 0) is 25.0 Å². The van der Waals surface area contributed by atoms with Crippen molar-refractivity contribution in [3.63, 3.8) is 0 Å². The fourth-order valence-electron chi connectivity index (χ4n) is 2.49. The van der Waals surface area contributed by atoms with Crippen molar-refractivity contribution in [1.29, 1.82) is 0 Å². The molecule has 1 fully saturated rings. The Bertz CT molecular complexity index is 660. The Hall–Kier alpha value is -1.80. The zero-order valence-electron chi connectivity index (χ0n) is 13.4. The lowest BCUT2D eigenvalue weighted by Gasteiger charge is -2.26. The summed E-state index contributed by atoms with van der Waals surface area (Å²) >= 11 is 0. The maximum atomic E-state index is 12.4. The number of ether oxygens (including phenoxy) is 2. The lowest BCUT2D eigenvalue weighted by Crippen LogP contribution is -2.41. The molecule has 0 spiro atoms. The molecule has 0 bridgehead atoms. The average molecular weight is 342 g/mol. The van der Waals surface area contributed by atoms with E-state index in [1.807, 2.05) is 0 Å². The number of rotatable bonds is 7. The van der Waals surface area contributed by atoms with Crippen LogP contribution >= 0.6 is 0 Å². The highest BCUT2D eigenvalue weighted by atomic mass is 32.2. The molecule has 7 nitrogen and oxygen atoms in total. The molecule has 0 aromatic heterocycles. The van der Waals surface area contributed by atoms with Gasteiger partial charge in [-0.25, -0.2) is 13.1 Å². The highest BCUT2D eigenvalue weighted by molar-refractivity contribution is 7.89. The standard InChI is InChI=1S/C15H22N2O5S/c1-21-12-6-7-14(13(11-12)22-2)23(19,20)16-8-10-17-9-4-3-5-15(17)18/h6-7,11,16H,3-5,8-10H2,1-2H3. The van der Waals surface area contributed by atoms with Crippen LogP contribution < -0.4 is 14.2 Å². The Balaban J connectivity index is 2.02. The summed E-state index contributed by atoms with van der Waals surface area (Å²) in [6.45, 7) is 1.23. The van der Waals surface area contributed by atoms with Crippen LogP contribution in [0, 0.1) is 0 Å². The fourth-order valence-corrected chi connectivity index (χ4v) is 3.66. The van der Waals surface area contributed by atoms with E-state index in [1.54, 1.807) is 11.0 Å². The van der Waals surface area contributed by atoms with E-state index >= 15 is 0 Å². The van der Waals surface area contributed by atoms with Crippen molar-refractivity contribution in [2.45, 2.75) is 24.2 Å². The van der Waals surface area contributed by atoms with Crippen LogP contribution in [0.5, 0.6) is 11.5 Å². The number of benzene rings is 1. The summed E-state index contributed by atoms with van der Waals surface area (Å²) in [6.07, 6.45) is 2.41. The highest BCUT2D eigenvalue weighted by Crippen LogP contribution is 2.28. The van der Waals surface area contributed by atoms with E-state index in [9.17, 15) is 13.2 Å². The zero-order chi connectivity index (χ0) is 16.9. The maximum absolute atomic E-state index is 12.4. The third kappa shape index (κ3) is 4.35. The minimum atomic E-state index is -3.71. The molecule has 1 aromatic carbocycles. The van der Waals surface area contributed by atoms with E-state index < -0.39 is 10.0 Å². The van der Waals surface area contributed by atoms with E-state index in [-0.39, 0.29) is 23.1 Å². The van der Waals surface area contributed by atoms with Crippen molar-refractivity contribution < 1.29 is 22.7 Å². The maximum Gasteiger partial charge on any atom is 0.244 e. The van der Waals surface area contributed by atoms with Gasteiger partial charge in [0.2, 0.25) is 15.9 Å². The molecule has 0 unspecified atom stereocenters. The van der Waals surface area contributed by atoms with E-state index in [1.165, 1.54) is 26.4 Å². The fraction of sp³-hybridized carbons (Fsp3) is 0.533. The van der Waals surface area contributed by atoms with Crippen molar-refractivity contribution >= 4 is 15.9 Å². The van der Waals surface area contributed by atoms with Crippen molar-refractivity contribution in [2.75, 3.05) is 33.9 Å². The van der Waals surface area contributed by atoms with Gasteiger partial charge in [0.1, 0.15) is 16.4 Å². The molecule has 0 radical (unpaired) electrons. The molecule has 1 N–H and O–H groups in total. The summed E-state index contributed by atoms with van der Waals surface area (Å²) in [7, 11) is -0.815. The van der Waals surface area contributed by atoms with Crippen molar-refractivity contribution in [3.05, 3.63) is 18.2 Å². The van der Waals surface area contributed by atoms with Crippen LogP contribution in [0.1, 0.15) is 19.3 Å². The van der Waals surface area contributed by atoms with Crippen LogP contribution in [0.15, 0.2) is 23.1 Å². The van der Waals surface area contributed by atoms with Gasteiger partial charge in [-0.1, -0.05) is 0 Å². The van der Waals surface area contributed by atoms with E-state index in [4.69, 9.17) is 9.47 Å². The molecule has 1 aliphatic heterocycles. The molecule has 1 aromatic rings. The molecule has 1 aliphatic rings. The Kier molecular flexibility index (Phi) is 5.84. The van der Waals surface area contributed by atoms with Crippen molar-refractivity contribution in [3.8, 4) is 11.5 Å². The number of amides is 1. The number of likely N-dealkylation sites (tertiary alicyclic amines) is 1. The molecular weight excluding hydrogens is 320 g/mol. The third-order valence-corrected chi connectivity index (χ3v) is 5.26. The number of hydrogen-bond acceptors (Lipinski definition) is 5. The number of methoxy groups -OCH3 is 2. The SMILES string of the molecule is COc1ccc(S(=O)(=O)NCCN2CCCCC2=O)c(OC)c1. The van der Waals surface area contributed by atoms with Gasteiger partial charge >= 0.3 is 0 Å². The largest absolute Gasteiger partial charge is 0.497 e. The summed E-state index contributed by atoms with van der Waals surface area (Å²) < 4.78 is 37.5. The summed E-state index contributed by atoms with van der Waals surface area (Å²) in [5.41, 5.74) is 0. The molecule has 1 amide bonds. The summed E-state index contributed by atoms with van der Waals surface area (Å²) in [5.74, 6) is 0.808. The predicted octanol–water partition coefficient (Wildman–Crippen LogP) is 0.995. The van der Waals surface area contributed by atoms with Crippen LogP contribution in [-0.2, 0) is 14.8 Å². The second-order valence-electron chi connectivity index (χ2n) is 5.25. The molecule has 128 valence electrons. The lowest BCUT2D eigenvalue weighted by molar-refractivity contribution is -0.133. The van der Waals surface area contributed by atoms with Gasteiger partial charge in [-0.3, -0.25) is 4.79 Å². The van der Waals surface area contributed by atoms with Gasteiger partial charge in [0.15, 0.2) is 0 Å². The normalized spacial score (nSPS) is 15.6. The number of piperidine rings is 1. The molecule has 0 aliphatic carbocycles. The molecular formula is C15H22N2O5S.